The number of pyridine rings is 1. The number of hydrogen-bond donors (Lipinski definition) is 3. The van der Waals surface area contributed by atoms with Crippen LogP contribution >= 0.6 is 11.6 Å². The van der Waals surface area contributed by atoms with Crippen LogP contribution in [0.4, 0.5) is 0 Å². The van der Waals surface area contributed by atoms with Gasteiger partial charge in [0.15, 0.2) is 0 Å². The van der Waals surface area contributed by atoms with E-state index >= 15 is 0 Å². The number of methoxy groups -OCH3 is 1. The van der Waals surface area contributed by atoms with E-state index in [-0.39, 0.29) is 5.91 Å². The highest BCUT2D eigenvalue weighted by Crippen LogP contribution is 2.24. The molecule has 26 heavy (non-hydrogen) atoms. The number of H-pyrrole nitrogens is 2. The molecule has 0 aliphatic heterocycles. The van der Waals surface area contributed by atoms with E-state index in [1.165, 1.54) is 0 Å². The van der Waals surface area contributed by atoms with Crippen molar-refractivity contribution in [3.8, 4) is 5.75 Å². The summed E-state index contributed by atoms with van der Waals surface area (Å²) in [6, 6.07) is 9.40. The van der Waals surface area contributed by atoms with Gasteiger partial charge in [0.05, 0.1) is 18.8 Å². The van der Waals surface area contributed by atoms with Crippen LogP contribution in [0.1, 0.15) is 16.1 Å². The number of nitrogens with one attached hydrogen (secondary N) is 3. The molecular formula is C19H17ClN4O2. The number of carbonyl (C=O) groups is 1. The third-order valence-electron chi connectivity index (χ3n) is 4.37. The summed E-state index contributed by atoms with van der Waals surface area (Å²) in [7, 11) is 1.65. The molecule has 1 amide bonds. The number of aromatic amines is 2. The molecule has 0 atom stereocenters. The van der Waals surface area contributed by atoms with Gasteiger partial charge in [-0.3, -0.25) is 4.79 Å². The summed E-state index contributed by atoms with van der Waals surface area (Å²) in [5.41, 5.74) is 3.45. The molecule has 0 bridgehead atoms. The van der Waals surface area contributed by atoms with Gasteiger partial charge in [0.1, 0.15) is 16.6 Å². The third-order valence-corrected chi connectivity index (χ3v) is 4.58. The number of aromatic nitrogens is 3. The minimum atomic E-state index is -0.158. The van der Waals surface area contributed by atoms with Crippen LogP contribution in [0, 0.1) is 0 Å². The smallest absolute Gasteiger partial charge is 0.267 e. The third kappa shape index (κ3) is 3.11. The predicted molar refractivity (Wildman–Crippen MR) is 102 cm³/mol. The maximum absolute atomic E-state index is 12.4. The Morgan fingerprint density at radius 3 is 3.00 bits per heavy atom. The fourth-order valence-electron chi connectivity index (χ4n) is 3.02. The zero-order valence-corrected chi connectivity index (χ0v) is 14.9. The van der Waals surface area contributed by atoms with Crippen molar-refractivity contribution in [1.82, 2.24) is 20.3 Å². The van der Waals surface area contributed by atoms with Gasteiger partial charge in [-0.1, -0.05) is 11.6 Å². The molecule has 3 heterocycles. The van der Waals surface area contributed by atoms with Crippen molar-refractivity contribution >= 4 is 39.3 Å². The number of fused-ring (bicyclic) bond motifs is 2. The summed E-state index contributed by atoms with van der Waals surface area (Å²) in [4.78, 5) is 22.7. The molecule has 0 saturated heterocycles. The quantitative estimate of drug-likeness (QED) is 0.470. The van der Waals surface area contributed by atoms with Crippen molar-refractivity contribution in [1.29, 1.82) is 0 Å². The summed E-state index contributed by atoms with van der Waals surface area (Å²) in [6.07, 6.45) is 4.30. The molecule has 3 aromatic heterocycles. The van der Waals surface area contributed by atoms with Crippen LogP contribution in [0.3, 0.4) is 0 Å². The normalized spacial score (nSPS) is 11.2. The Morgan fingerprint density at radius 1 is 1.27 bits per heavy atom. The Labute approximate surface area is 154 Å². The highest BCUT2D eigenvalue weighted by atomic mass is 35.5. The van der Waals surface area contributed by atoms with Crippen molar-refractivity contribution in [2.75, 3.05) is 13.7 Å². The first-order valence-corrected chi connectivity index (χ1v) is 8.58. The average Bonchev–Trinajstić information content (AvgIpc) is 3.25. The maximum Gasteiger partial charge on any atom is 0.267 e. The van der Waals surface area contributed by atoms with Crippen molar-refractivity contribution in [3.05, 3.63) is 59.1 Å². The number of benzene rings is 1. The maximum atomic E-state index is 12.4. The summed E-state index contributed by atoms with van der Waals surface area (Å²) < 4.78 is 5.28. The first-order chi connectivity index (χ1) is 12.6. The van der Waals surface area contributed by atoms with Crippen LogP contribution < -0.4 is 10.1 Å². The van der Waals surface area contributed by atoms with Crippen molar-refractivity contribution in [2.45, 2.75) is 6.42 Å². The zero-order valence-electron chi connectivity index (χ0n) is 14.1. The SMILES string of the molecule is COc1ccc2[nH]cc(CCNC(=O)c3cc4cc(Cl)ncc4[nH]3)c2c1. The molecule has 0 saturated carbocycles. The van der Waals surface area contributed by atoms with Crippen molar-refractivity contribution in [3.63, 3.8) is 0 Å². The second-order valence-corrected chi connectivity index (χ2v) is 6.40. The van der Waals surface area contributed by atoms with Gasteiger partial charge in [-0.25, -0.2) is 4.98 Å². The Morgan fingerprint density at radius 2 is 2.15 bits per heavy atom. The molecule has 7 heteroatoms. The number of nitrogens with zero attached hydrogens (tertiary/aromatic N) is 1. The van der Waals surface area contributed by atoms with Gasteiger partial charge < -0.3 is 20.0 Å². The molecule has 4 rings (SSSR count). The molecule has 1 aromatic carbocycles. The zero-order chi connectivity index (χ0) is 18.1. The lowest BCUT2D eigenvalue weighted by molar-refractivity contribution is 0.0950. The molecule has 132 valence electrons. The highest BCUT2D eigenvalue weighted by Gasteiger charge is 2.11. The molecule has 6 nitrogen and oxygen atoms in total. The van der Waals surface area contributed by atoms with Gasteiger partial charge in [0.25, 0.3) is 5.91 Å². The summed E-state index contributed by atoms with van der Waals surface area (Å²) in [6.45, 7) is 0.525. The first-order valence-electron chi connectivity index (χ1n) is 8.20. The molecule has 4 aromatic rings. The Hall–Kier alpha value is -2.99. The molecule has 0 aliphatic carbocycles. The van der Waals surface area contributed by atoms with E-state index in [4.69, 9.17) is 16.3 Å². The summed E-state index contributed by atoms with van der Waals surface area (Å²) in [5.74, 6) is 0.655. The lowest BCUT2D eigenvalue weighted by Crippen LogP contribution is -2.25. The molecule has 0 unspecified atom stereocenters. The highest BCUT2D eigenvalue weighted by molar-refractivity contribution is 6.30. The standard InChI is InChI=1S/C19H17ClN4O2/c1-26-13-2-3-15-14(8-13)11(9-22-15)4-5-21-19(25)16-6-12-7-18(20)23-10-17(12)24-16/h2-3,6-10,22,24H,4-5H2,1H3,(H,21,25). The monoisotopic (exact) mass is 368 g/mol. The average molecular weight is 369 g/mol. The largest absolute Gasteiger partial charge is 0.497 e. The van der Waals surface area contributed by atoms with E-state index in [0.29, 0.717) is 23.8 Å². The molecule has 0 radical (unpaired) electrons. The number of rotatable bonds is 5. The van der Waals surface area contributed by atoms with E-state index < -0.39 is 0 Å². The van der Waals surface area contributed by atoms with E-state index in [0.717, 1.165) is 33.1 Å². The van der Waals surface area contributed by atoms with Crippen LogP contribution in [-0.4, -0.2) is 34.5 Å². The fraction of sp³-hybridized carbons (Fsp3) is 0.158. The van der Waals surface area contributed by atoms with Gasteiger partial charge >= 0.3 is 0 Å². The number of amides is 1. The topological polar surface area (TPSA) is 82.8 Å². The van der Waals surface area contributed by atoms with Crippen molar-refractivity contribution in [2.24, 2.45) is 0 Å². The molecule has 0 spiro atoms. The Kier molecular flexibility index (Phi) is 4.26. The number of halogens is 1. The van der Waals surface area contributed by atoms with Gasteiger partial charge in [-0.05, 0) is 42.3 Å². The lowest BCUT2D eigenvalue weighted by atomic mass is 10.1. The molecular weight excluding hydrogens is 352 g/mol. The predicted octanol–water partition coefficient (Wildman–Crippen LogP) is 3.68. The van der Waals surface area contributed by atoms with Crippen LogP contribution in [-0.2, 0) is 6.42 Å². The Balaban J connectivity index is 1.44. The van der Waals surface area contributed by atoms with E-state index in [2.05, 4.69) is 20.3 Å². The number of ether oxygens (including phenoxy) is 1. The van der Waals surface area contributed by atoms with E-state index in [1.54, 1.807) is 25.4 Å². The van der Waals surface area contributed by atoms with Gasteiger partial charge in [-0.15, -0.1) is 0 Å². The van der Waals surface area contributed by atoms with E-state index in [1.807, 2.05) is 24.4 Å². The van der Waals surface area contributed by atoms with Gasteiger partial charge in [0.2, 0.25) is 0 Å². The van der Waals surface area contributed by atoms with Crippen LogP contribution in [0.2, 0.25) is 5.15 Å². The minimum absolute atomic E-state index is 0.158. The van der Waals surface area contributed by atoms with Gasteiger partial charge in [-0.2, -0.15) is 0 Å². The molecule has 0 aliphatic rings. The number of carbonyl (C=O) groups excluding carboxylic acids is 1. The second kappa shape index (κ2) is 6.72. The Bertz CT molecular complexity index is 1100. The van der Waals surface area contributed by atoms with E-state index in [9.17, 15) is 4.79 Å². The van der Waals surface area contributed by atoms with Crippen molar-refractivity contribution < 1.29 is 9.53 Å². The lowest BCUT2D eigenvalue weighted by Gasteiger charge is -2.04. The molecule has 0 fully saturated rings. The van der Waals surface area contributed by atoms with Crippen LogP contribution in [0.25, 0.3) is 21.8 Å². The first kappa shape index (κ1) is 16.5. The minimum Gasteiger partial charge on any atom is -0.497 e. The summed E-state index contributed by atoms with van der Waals surface area (Å²) in [5, 5.41) is 5.30. The second-order valence-electron chi connectivity index (χ2n) is 6.01. The number of hydrogen-bond acceptors (Lipinski definition) is 3. The van der Waals surface area contributed by atoms with Crippen LogP contribution in [0.5, 0.6) is 5.75 Å². The fourth-order valence-corrected chi connectivity index (χ4v) is 3.19. The molecule has 3 N–H and O–H groups in total. The van der Waals surface area contributed by atoms with Gasteiger partial charge in [0, 0.05) is 29.0 Å². The summed E-state index contributed by atoms with van der Waals surface area (Å²) >= 11 is 5.88. The van der Waals surface area contributed by atoms with Crippen LogP contribution in [0.15, 0.2) is 42.7 Å².